The van der Waals surface area contributed by atoms with E-state index < -0.39 is 61.4 Å². The topological polar surface area (TPSA) is 163 Å². The number of carboxylic acids is 1. The lowest BCUT2D eigenvalue weighted by atomic mass is 9.82. The summed E-state index contributed by atoms with van der Waals surface area (Å²) < 4.78 is 16.0. The lowest BCUT2D eigenvalue weighted by Gasteiger charge is -2.42. The zero-order valence-electron chi connectivity index (χ0n) is 13.7. The van der Waals surface area contributed by atoms with Gasteiger partial charge in [-0.3, -0.25) is 0 Å². The summed E-state index contributed by atoms with van der Waals surface area (Å²) in [5.41, 5.74) is -0.129. The molecule has 10 nitrogen and oxygen atoms in total. The molecule has 5 N–H and O–H groups in total. The number of carboxylic acid groups (broad SMARTS) is 1. The first-order chi connectivity index (χ1) is 12.3. The summed E-state index contributed by atoms with van der Waals surface area (Å²) in [5, 5.41) is 48.0. The third kappa shape index (κ3) is 3.95. The SMILES string of the molecule is C=CC1C(CC=O)C(C(=O)O)=CO[C@H]1O[C@@H]1O[C@H](CO)[C@@H](O)[C@H](O)[C@H]1O. The minimum atomic E-state index is -1.64. The second-order valence-corrected chi connectivity index (χ2v) is 6.04. The Bertz CT molecular complexity index is 559. The van der Waals surface area contributed by atoms with Crippen LogP contribution < -0.4 is 0 Å². The van der Waals surface area contributed by atoms with Crippen LogP contribution in [0.2, 0.25) is 0 Å². The summed E-state index contributed by atoms with van der Waals surface area (Å²) in [5.74, 6) is -2.79. The third-order valence-electron chi connectivity index (χ3n) is 4.49. The van der Waals surface area contributed by atoms with E-state index >= 15 is 0 Å². The summed E-state index contributed by atoms with van der Waals surface area (Å²) in [4.78, 5) is 22.2. The summed E-state index contributed by atoms with van der Waals surface area (Å²) >= 11 is 0. The first-order valence-electron chi connectivity index (χ1n) is 7.96. The minimum absolute atomic E-state index is 0.118. The second kappa shape index (κ2) is 8.71. The molecule has 1 fully saturated rings. The largest absolute Gasteiger partial charge is 0.478 e. The quantitative estimate of drug-likeness (QED) is 0.252. The molecule has 0 aromatic rings. The summed E-state index contributed by atoms with van der Waals surface area (Å²) in [6.07, 6.45) is -5.86. The van der Waals surface area contributed by atoms with Crippen LogP contribution >= 0.6 is 0 Å². The van der Waals surface area contributed by atoms with Crippen molar-refractivity contribution >= 4 is 12.3 Å². The van der Waals surface area contributed by atoms with Crippen LogP contribution in [0.25, 0.3) is 0 Å². The fraction of sp³-hybridized carbons (Fsp3) is 0.625. The highest BCUT2D eigenvalue weighted by Crippen LogP contribution is 2.36. The van der Waals surface area contributed by atoms with Gasteiger partial charge in [0.15, 0.2) is 6.29 Å². The van der Waals surface area contributed by atoms with Crippen LogP contribution in [0.15, 0.2) is 24.5 Å². The average Bonchev–Trinajstić information content (AvgIpc) is 2.62. The Labute approximate surface area is 148 Å². The van der Waals surface area contributed by atoms with Gasteiger partial charge in [0.25, 0.3) is 0 Å². The Morgan fingerprint density at radius 1 is 1.23 bits per heavy atom. The maximum Gasteiger partial charge on any atom is 0.335 e. The molecular formula is C16H22O10. The minimum Gasteiger partial charge on any atom is -0.478 e. The maximum absolute atomic E-state index is 11.3. The first kappa shape index (κ1) is 20.5. The molecule has 8 atom stereocenters. The van der Waals surface area contributed by atoms with Gasteiger partial charge in [0.1, 0.15) is 30.7 Å². The molecule has 0 spiro atoms. The van der Waals surface area contributed by atoms with Crippen LogP contribution in [0.4, 0.5) is 0 Å². The number of hydrogen-bond acceptors (Lipinski definition) is 9. The van der Waals surface area contributed by atoms with Crippen LogP contribution in [0, 0.1) is 11.8 Å². The molecule has 2 rings (SSSR count). The molecular weight excluding hydrogens is 352 g/mol. The van der Waals surface area contributed by atoms with Gasteiger partial charge in [-0.05, 0) is 0 Å². The number of aldehydes is 1. The van der Waals surface area contributed by atoms with Crippen molar-refractivity contribution < 1.29 is 49.3 Å². The van der Waals surface area contributed by atoms with E-state index in [1.807, 2.05) is 0 Å². The Kier molecular flexibility index (Phi) is 6.87. The molecule has 0 aromatic carbocycles. The number of carbonyl (C=O) groups excluding carboxylic acids is 1. The number of ether oxygens (including phenoxy) is 3. The van der Waals surface area contributed by atoms with E-state index in [-0.39, 0.29) is 12.0 Å². The number of aliphatic carboxylic acids is 1. The van der Waals surface area contributed by atoms with Crippen molar-refractivity contribution in [2.24, 2.45) is 11.8 Å². The molecule has 0 aromatic heterocycles. The molecule has 10 heteroatoms. The van der Waals surface area contributed by atoms with E-state index in [1.54, 1.807) is 0 Å². The van der Waals surface area contributed by atoms with Gasteiger partial charge >= 0.3 is 5.97 Å². The zero-order chi connectivity index (χ0) is 19.4. The fourth-order valence-electron chi connectivity index (χ4n) is 3.02. The molecule has 2 aliphatic heterocycles. The molecule has 0 amide bonds. The van der Waals surface area contributed by atoms with Crippen LogP contribution in [-0.2, 0) is 23.8 Å². The monoisotopic (exact) mass is 374 g/mol. The Morgan fingerprint density at radius 2 is 1.92 bits per heavy atom. The molecule has 0 saturated carbocycles. The second-order valence-electron chi connectivity index (χ2n) is 6.04. The van der Waals surface area contributed by atoms with Crippen molar-refractivity contribution in [2.75, 3.05) is 6.61 Å². The van der Waals surface area contributed by atoms with E-state index in [2.05, 4.69) is 6.58 Å². The smallest absolute Gasteiger partial charge is 0.335 e. The predicted molar refractivity (Wildman–Crippen MR) is 83.3 cm³/mol. The van der Waals surface area contributed by atoms with Gasteiger partial charge in [0.2, 0.25) is 6.29 Å². The molecule has 1 saturated heterocycles. The van der Waals surface area contributed by atoms with Gasteiger partial charge in [0, 0.05) is 18.3 Å². The number of rotatable bonds is 7. The molecule has 2 heterocycles. The fourth-order valence-corrected chi connectivity index (χ4v) is 3.02. The van der Waals surface area contributed by atoms with Gasteiger partial charge in [-0.25, -0.2) is 4.79 Å². The summed E-state index contributed by atoms with van der Waals surface area (Å²) in [6.45, 7) is 2.98. The highest BCUT2D eigenvalue weighted by molar-refractivity contribution is 5.87. The lowest BCUT2D eigenvalue weighted by Crippen LogP contribution is -2.60. The van der Waals surface area contributed by atoms with Crippen molar-refractivity contribution in [1.82, 2.24) is 0 Å². The molecule has 146 valence electrons. The van der Waals surface area contributed by atoms with E-state index in [0.717, 1.165) is 6.26 Å². The number of hydrogen-bond donors (Lipinski definition) is 5. The third-order valence-corrected chi connectivity index (χ3v) is 4.49. The van der Waals surface area contributed by atoms with Gasteiger partial charge in [-0.1, -0.05) is 6.08 Å². The zero-order valence-corrected chi connectivity index (χ0v) is 13.7. The molecule has 26 heavy (non-hydrogen) atoms. The number of aliphatic hydroxyl groups is 4. The van der Waals surface area contributed by atoms with Crippen molar-refractivity contribution in [1.29, 1.82) is 0 Å². The van der Waals surface area contributed by atoms with Gasteiger partial charge < -0.3 is 44.5 Å². The van der Waals surface area contributed by atoms with E-state index in [4.69, 9.17) is 14.2 Å². The molecule has 0 aliphatic carbocycles. The Morgan fingerprint density at radius 3 is 2.46 bits per heavy atom. The molecule has 0 radical (unpaired) electrons. The number of aliphatic hydroxyl groups excluding tert-OH is 4. The molecule has 0 bridgehead atoms. The van der Waals surface area contributed by atoms with Gasteiger partial charge in [-0.15, -0.1) is 6.58 Å². The number of carbonyl (C=O) groups is 2. The molecule has 2 aliphatic rings. The van der Waals surface area contributed by atoms with E-state index in [1.165, 1.54) is 6.08 Å². The van der Waals surface area contributed by atoms with Gasteiger partial charge in [-0.2, -0.15) is 0 Å². The highest BCUT2D eigenvalue weighted by atomic mass is 16.8. The summed E-state index contributed by atoms with van der Waals surface area (Å²) in [6, 6.07) is 0. The molecule has 2 unspecified atom stereocenters. The average molecular weight is 374 g/mol. The van der Waals surface area contributed by atoms with Crippen molar-refractivity contribution in [3.05, 3.63) is 24.5 Å². The maximum atomic E-state index is 11.3. The van der Waals surface area contributed by atoms with E-state index in [0.29, 0.717) is 6.29 Å². The normalized spacial score (nSPS) is 40.2. The van der Waals surface area contributed by atoms with Crippen LogP contribution in [0.1, 0.15) is 6.42 Å². The lowest BCUT2D eigenvalue weighted by molar-refractivity contribution is -0.339. The Balaban J connectivity index is 2.20. The standard InChI is InChI=1S/C16H22O10/c1-2-7-8(3-4-17)9(14(22)23)6-24-15(7)26-16-13(21)12(20)11(19)10(5-18)25-16/h2,4,6-8,10-13,15-16,18-21H,1,3,5H2,(H,22,23)/t7?,8?,10-,11-,12+,13-,15+,16+/m1/s1. The Hall–Kier alpha value is -1.82. The predicted octanol–water partition coefficient (Wildman–Crippen LogP) is -1.86. The van der Waals surface area contributed by atoms with Crippen molar-refractivity contribution in [3.8, 4) is 0 Å². The van der Waals surface area contributed by atoms with E-state index in [9.17, 15) is 35.1 Å². The van der Waals surface area contributed by atoms with Crippen molar-refractivity contribution in [2.45, 2.75) is 43.4 Å². The van der Waals surface area contributed by atoms with Crippen LogP contribution in [0.3, 0.4) is 0 Å². The summed E-state index contributed by atoms with van der Waals surface area (Å²) in [7, 11) is 0. The van der Waals surface area contributed by atoms with Gasteiger partial charge in [0.05, 0.1) is 18.4 Å². The van der Waals surface area contributed by atoms with Crippen LogP contribution in [-0.4, -0.2) is 81.4 Å². The van der Waals surface area contributed by atoms with Crippen molar-refractivity contribution in [3.63, 3.8) is 0 Å². The van der Waals surface area contributed by atoms with Crippen LogP contribution in [0.5, 0.6) is 0 Å². The highest BCUT2D eigenvalue weighted by Gasteiger charge is 2.47. The first-order valence-corrected chi connectivity index (χ1v) is 7.96.